The Morgan fingerprint density at radius 1 is 0.511 bits per heavy atom. The average Bonchev–Trinajstić information content (AvgIpc) is 2.99. The van der Waals surface area contributed by atoms with Crippen LogP contribution in [-0.4, -0.2) is 83.5 Å². The van der Waals surface area contributed by atoms with Gasteiger partial charge >= 0.3 is 0 Å². The number of hydrogen-bond donors (Lipinski definition) is 9. The van der Waals surface area contributed by atoms with Crippen molar-refractivity contribution in [1.82, 2.24) is 10.9 Å². The summed E-state index contributed by atoms with van der Waals surface area (Å²) in [4.78, 5) is 23.4. The molecule has 16 heteroatoms. The van der Waals surface area contributed by atoms with Gasteiger partial charge in [0.15, 0.2) is 23.0 Å². The fourth-order valence-corrected chi connectivity index (χ4v) is 2.97. The van der Waals surface area contributed by atoms with Crippen molar-refractivity contribution >= 4 is 24.2 Å². The number of hydrazone groups is 2. The molecule has 0 atom stereocenters. The minimum absolute atomic E-state index is 0. The summed E-state index contributed by atoms with van der Waals surface area (Å²) in [5.74, 6) is -2.39. The molecule has 16 nitrogen and oxygen atoms in total. The molecule has 4 aromatic carbocycles. The van der Waals surface area contributed by atoms with Crippen molar-refractivity contribution in [2.45, 2.75) is 0 Å². The Morgan fingerprint density at radius 3 is 1.16 bits per heavy atom. The van der Waals surface area contributed by atoms with Crippen molar-refractivity contribution in [3.8, 4) is 34.5 Å². The molecule has 15 N–H and O–H groups in total. The van der Waals surface area contributed by atoms with Crippen molar-refractivity contribution in [1.29, 1.82) is 0 Å². The molecule has 0 saturated carbocycles. The molecule has 0 radical (unpaired) electrons. The normalized spacial score (nSPS) is 9.56. The molecule has 0 unspecified atom stereocenters. The summed E-state index contributed by atoms with van der Waals surface area (Å²) in [7, 11) is 1.00. The number of nitrogens with zero attached hydrogens (tertiary/aromatic N) is 2. The van der Waals surface area contributed by atoms with E-state index in [-0.39, 0.29) is 62.1 Å². The fourth-order valence-electron chi connectivity index (χ4n) is 2.97. The summed E-state index contributed by atoms with van der Waals surface area (Å²) >= 11 is 0. The quantitative estimate of drug-likeness (QED) is 0.0800. The molecule has 0 saturated heterocycles. The second-order valence-corrected chi connectivity index (χ2v) is 7.92. The van der Waals surface area contributed by atoms with Gasteiger partial charge in [-0.2, -0.15) is 10.2 Å². The van der Waals surface area contributed by atoms with Crippen LogP contribution in [0.4, 0.5) is 0 Å². The van der Waals surface area contributed by atoms with Crippen molar-refractivity contribution < 1.29 is 61.8 Å². The number of para-hydroxylation sites is 2. The van der Waals surface area contributed by atoms with E-state index in [9.17, 15) is 30.0 Å². The molecule has 0 heterocycles. The number of aromatic hydroxyl groups is 6. The van der Waals surface area contributed by atoms with E-state index in [1.807, 2.05) is 0 Å². The third kappa shape index (κ3) is 12.7. The standard InChI is InChI=1S/2C14H12N2O4.CH4O.3H2O/c2*17-11-4-2-1-3-10(11)8-15-16-14(20)9-5-6-12(18)13(19)7-9;1-2;;;/h2*1-8,17-19H,(H,16,20);2H,1H3;3*1H2/b2*15-8+;;;;. The number of phenols is 6. The molecule has 0 aliphatic carbocycles. The van der Waals surface area contributed by atoms with Crippen LogP contribution in [-0.2, 0) is 0 Å². The van der Waals surface area contributed by atoms with Gasteiger partial charge in [0.25, 0.3) is 11.8 Å². The first kappa shape index (κ1) is 40.9. The van der Waals surface area contributed by atoms with E-state index in [1.165, 1.54) is 48.8 Å². The molecular weight excluding hydrogens is 596 g/mol. The first-order valence-corrected chi connectivity index (χ1v) is 11.9. The van der Waals surface area contributed by atoms with Crippen LogP contribution in [0.2, 0.25) is 0 Å². The Balaban J connectivity index is 0. The number of phenolic OH excluding ortho intramolecular Hbond substituents is 6. The summed E-state index contributed by atoms with van der Waals surface area (Å²) in [5.41, 5.74) is 5.71. The van der Waals surface area contributed by atoms with Crippen LogP contribution in [0.5, 0.6) is 34.5 Å². The molecule has 0 fully saturated rings. The lowest BCUT2D eigenvalue weighted by molar-refractivity contribution is 0.0946. The lowest BCUT2D eigenvalue weighted by atomic mass is 10.2. The van der Waals surface area contributed by atoms with E-state index < -0.39 is 11.8 Å². The van der Waals surface area contributed by atoms with Crippen molar-refractivity contribution in [2.24, 2.45) is 10.2 Å². The highest BCUT2D eigenvalue weighted by atomic mass is 16.3. The maximum Gasteiger partial charge on any atom is 0.271 e. The number of rotatable bonds is 6. The van der Waals surface area contributed by atoms with E-state index in [2.05, 4.69) is 21.1 Å². The van der Waals surface area contributed by atoms with Crippen molar-refractivity contribution in [3.05, 3.63) is 107 Å². The predicted molar refractivity (Wildman–Crippen MR) is 165 cm³/mol. The summed E-state index contributed by atoms with van der Waals surface area (Å²) in [6, 6.07) is 20.4. The van der Waals surface area contributed by atoms with E-state index in [4.69, 9.17) is 15.3 Å². The second-order valence-electron chi connectivity index (χ2n) is 7.92. The van der Waals surface area contributed by atoms with Crippen LogP contribution in [0.1, 0.15) is 31.8 Å². The average molecular weight is 631 g/mol. The molecule has 45 heavy (non-hydrogen) atoms. The highest BCUT2D eigenvalue weighted by molar-refractivity contribution is 5.96. The van der Waals surface area contributed by atoms with E-state index in [0.29, 0.717) is 11.1 Å². The van der Waals surface area contributed by atoms with Crippen LogP contribution in [0.15, 0.2) is 95.1 Å². The summed E-state index contributed by atoms with van der Waals surface area (Å²) in [5, 5.41) is 70.3. The monoisotopic (exact) mass is 630 g/mol. The van der Waals surface area contributed by atoms with Gasteiger partial charge in [-0.3, -0.25) is 9.59 Å². The first-order valence-electron chi connectivity index (χ1n) is 11.9. The minimum Gasteiger partial charge on any atom is -0.507 e. The lowest BCUT2D eigenvalue weighted by Crippen LogP contribution is -2.17. The van der Waals surface area contributed by atoms with Gasteiger partial charge in [0.2, 0.25) is 0 Å². The Hall–Kier alpha value is -6.20. The molecular formula is C29H34N4O12. The predicted octanol–water partition coefficient (Wildman–Crippen LogP) is 0.269. The zero-order chi connectivity index (χ0) is 31.1. The summed E-state index contributed by atoms with van der Waals surface area (Å²) in [6.45, 7) is 0. The number of amides is 2. The van der Waals surface area contributed by atoms with Gasteiger partial charge in [0.1, 0.15) is 11.5 Å². The highest BCUT2D eigenvalue weighted by Gasteiger charge is 2.09. The molecule has 0 aromatic heterocycles. The highest BCUT2D eigenvalue weighted by Crippen LogP contribution is 2.25. The largest absolute Gasteiger partial charge is 0.507 e. The number of benzene rings is 4. The number of nitrogens with one attached hydrogen (secondary N) is 2. The van der Waals surface area contributed by atoms with Gasteiger partial charge in [-0.05, 0) is 60.7 Å². The van der Waals surface area contributed by atoms with Gasteiger partial charge in [0.05, 0.1) is 12.4 Å². The molecule has 4 rings (SSSR count). The smallest absolute Gasteiger partial charge is 0.271 e. The van der Waals surface area contributed by atoms with Gasteiger partial charge in [-0.1, -0.05) is 24.3 Å². The second kappa shape index (κ2) is 20.6. The van der Waals surface area contributed by atoms with Crippen LogP contribution in [0, 0.1) is 0 Å². The molecule has 0 aliphatic rings. The fraction of sp³-hybridized carbons (Fsp3) is 0.0345. The van der Waals surface area contributed by atoms with E-state index in [0.717, 1.165) is 19.2 Å². The molecule has 2 amide bonds. The third-order valence-corrected chi connectivity index (χ3v) is 5.09. The molecule has 242 valence electrons. The van der Waals surface area contributed by atoms with Crippen molar-refractivity contribution in [2.75, 3.05) is 7.11 Å². The summed E-state index contributed by atoms with van der Waals surface area (Å²) < 4.78 is 0. The summed E-state index contributed by atoms with van der Waals surface area (Å²) in [6.07, 6.45) is 2.60. The van der Waals surface area contributed by atoms with Gasteiger partial charge < -0.3 is 52.2 Å². The van der Waals surface area contributed by atoms with Gasteiger partial charge in [0, 0.05) is 29.4 Å². The molecule has 0 aliphatic heterocycles. The van der Waals surface area contributed by atoms with E-state index >= 15 is 0 Å². The number of carbonyl (C=O) groups is 2. The van der Waals surface area contributed by atoms with Crippen LogP contribution < -0.4 is 10.9 Å². The molecule has 0 bridgehead atoms. The number of hydrogen-bond acceptors (Lipinski definition) is 11. The first-order chi connectivity index (χ1) is 20.2. The SMILES string of the molecule is CO.O.O.O.O=C(N/N=C/c1ccccc1O)c1ccc(O)c(O)c1.O=C(N/N=C/c1ccccc1O)c1ccc(O)c(O)c1. The maximum absolute atomic E-state index is 11.7. The zero-order valence-electron chi connectivity index (χ0n) is 23.6. The molecule has 4 aromatic rings. The van der Waals surface area contributed by atoms with E-state index in [1.54, 1.807) is 36.4 Å². The van der Waals surface area contributed by atoms with Crippen molar-refractivity contribution in [3.63, 3.8) is 0 Å². The number of aliphatic hydroxyl groups is 1. The van der Waals surface area contributed by atoms with Crippen LogP contribution in [0.3, 0.4) is 0 Å². The Morgan fingerprint density at radius 2 is 0.844 bits per heavy atom. The van der Waals surface area contributed by atoms with Crippen LogP contribution in [0.25, 0.3) is 0 Å². The van der Waals surface area contributed by atoms with Gasteiger partial charge in [-0.15, -0.1) is 0 Å². The van der Waals surface area contributed by atoms with Crippen LogP contribution >= 0.6 is 0 Å². The topological polar surface area (TPSA) is 319 Å². The number of carbonyl (C=O) groups excluding carboxylic acids is 2. The zero-order valence-corrected chi connectivity index (χ0v) is 23.6. The minimum atomic E-state index is -0.549. The maximum atomic E-state index is 11.7. The number of aliphatic hydroxyl groups excluding tert-OH is 1. The lowest BCUT2D eigenvalue weighted by Gasteiger charge is -2.02. The van der Waals surface area contributed by atoms with Gasteiger partial charge in [-0.25, -0.2) is 10.9 Å². The third-order valence-electron chi connectivity index (χ3n) is 5.09. The molecule has 0 spiro atoms. The Labute approximate surface area is 256 Å². The Kier molecular flexibility index (Phi) is 18.8. The Bertz CT molecular complexity index is 1460.